The molecule has 2 rings (SSSR count). The van der Waals surface area contributed by atoms with Gasteiger partial charge >= 0.3 is 5.97 Å². The molecule has 0 aliphatic heterocycles. The summed E-state index contributed by atoms with van der Waals surface area (Å²) in [6, 6.07) is 7.11. The fourth-order valence-corrected chi connectivity index (χ4v) is 1.65. The van der Waals surface area contributed by atoms with E-state index < -0.39 is 11.9 Å². The average Bonchev–Trinajstić information content (AvgIpc) is 2.47. The predicted octanol–water partition coefficient (Wildman–Crippen LogP) is 1.68. The molecule has 0 bridgehead atoms. The van der Waals surface area contributed by atoms with Gasteiger partial charge in [-0.1, -0.05) is 0 Å². The van der Waals surface area contributed by atoms with Crippen molar-refractivity contribution in [3.8, 4) is 17.4 Å². The summed E-state index contributed by atoms with van der Waals surface area (Å²) in [6.45, 7) is 0. The minimum Gasteiger partial charge on any atom is -0.493 e. The SMILES string of the molecule is COc1cc(C(=O)O)ccc1Oc1ncccc1C(N)=O. The van der Waals surface area contributed by atoms with E-state index in [1.165, 1.54) is 37.6 Å². The van der Waals surface area contributed by atoms with Crippen LogP contribution in [0.4, 0.5) is 0 Å². The van der Waals surface area contributed by atoms with Crippen LogP contribution < -0.4 is 15.2 Å². The molecule has 0 spiro atoms. The van der Waals surface area contributed by atoms with Gasteiger partial charge in [-0.05, 0) is 30.3 Å². The van der Waals surface area contributed by atoms with Gasteiger partial charge < -0.3 is 20.3 Å². The number of rotatable bonds is 5. The molecule has 1 amide bonds. The van der Waals surface area contributed by atoms with Crippen molar-refractivity contribution in [2.24, 2.45) is 5.73 Å². The number of carbonyl (C=O) groups excluding carboxylic acids is 1. The quantitative estimate of drug-likeness (QED) is 0.865. The Bertz CT molecular complexity index is 700. The lowest BCUT2D eigenvalue weighted by Gasteiger charge is -2.11. The zero-order valence-electron chi connectivity index (χ0n) is 11.1. The lowest BCUT2D eigenvalue weighted by atomic mass is 10.2. The van der Waals surface area contributed by atoms with Crippen LogP contribution in [0.15, 0.2) is 36.5 Å². The molecule has 0 radical (unpaired) electrons. The molecule has 1 aromatic heterocycles. The molecule has 0 saturated heterocycles. The summed E-state index contributed by atoms with van der Waals surface area (Å²) < 4.78 is 10.6. The Morgan fingerprint density at radius 1 is 1.24 bits per heavy atom. The van der Waals surface area contributed by atoms with E-state index in [4.69, 9.17) is 20.3 Å². The molecule has 1 aromatic carbocycles. The summed E-state index contributed by atoms with van der Waals surface area (Å²) in [6.07, 6.45) is 1.44. The number of aromatic nitrogens is 1. The molecule has 0 saturated carbocycles. The van der Waals surface area contributed by atoms with Crippen molar-refractivity contribution in [3.05, 3.63) is 47.7 Å². The number of carboxylic acids is 1. The highest BCUT2D eigenvalue weighted by Crippen LogP contribution is 2.32. The number of pyridine rings is 1. The Morgan fingerprint density at radius 2 is 2.00 bits per heavy atom. The largest absolute Gasteiger partial charge is 0.493 e. The second-order valence-corrected chi connectivity index (χ2v) is 3.99. The van der Waals surface area contributed by atoms with E-state index in [1.54, 1.807) is 6.07 Å². The third kappa shape index (κ3) is 3.08. The summed E-state index contributed by atoms with van der Waals surface area (Å²) in [5, 5.41) is 8.93. The first-order valence-corrected chi connectivity index (χ1v) is 5.87. The van der Waals surface area contributed by atoms with Crippen LogP contribution in [0.25, 0.3) is 0 Å². The zero-order valence-corrected chi connectivity index (χ0v) is 11.1. The normalized spacial score (nSPS) is 9.95. The van der Waals surface area contributed by atoms with Crippen LogP contribution in [0, 0.1) is 0 Å². The van der Waals surface area contributed by atoms with E-state index in [0.717, 1.165) is 0 Å². The van der Waals surface area contributed by atoms with Gasteiger partial charge in [0.1, 0.15) is 5.56 Å². The maximum Gasteiger partial charge on any atom is 0.335 e. The minimum atomic E-state index is -1.09. The Morgan fingerprint density at radius 3 is 2.62 bits per heavy atom. The predicted molar refractivity (Wildman–Crippen MR) is 72.8 cm³/mol. The number of hydrogen-bond acceptors (Lipinski definition) is 5. The monoisotopic (exact) mass is 288 g/mol. The van der Waals surface area contributed by atoms with Crippen LogP contribution in [0.1, 0.15) is 20.7 Å². The smallest absolute Gasteiger partial charge is 0.335 e. The number of aromatic carboxylic acids is 1. The number of nitrogens with zero attached hydrogens (tertiary/aromatic N) is 1. The van der Waals surface area contributed by atoms with E-state index in [-0.39, 0.29) is 28.5 Å². The van der Waals surface area contributed by atoms with Gasteiger partial charge in [-0.3, -0.25) is 4.79 Å². The molecule has 7 nitrogen and oxygen atoms in total. The summed E-state index contributed by atoms with van der Waals surface area (Å²) in [4.78, 5) is 26.1. The molecular formula is C14H12N2O5. The van der Waals surface area contributed by atoms with Gasteiger partial charge in [0.15, 0.2) is 11.5 Å². The van der Waals surface area contributed by atoms with Gasteiger partial charge in [0, 0.05) is 6.20 Å². The number of benzene rings is 1. The molecule has 0 unspecified atom stereocenters. The van der Waals surface area contributed by atoms with Crippen molar-refractivity contribution in [3.63, 3.8) is 0 Å². The fraction of sp³-hybridized carbons (Fsp3) is 0.0714. The van der Waals surface area contributed by atoms with Crippen LogP contribution in [-0.2, 0) is 0 Å². The second-order valence-electron chi connectivity index (χ2n) is 3.99. The fourth-order valence-electron chi connectivity index (χ4n) is 1.65. The van der Waals surface area contributed by atoms with E-state index in [2.05, 4.69) is 4.98 Å². The molecular weight excluding hydrogens is 276 g/mol. The van der Waals surface area contributed by atoms with Crippen molar-refractivity contribution in [2.75, 3.05) is 7.11 Å². The Kier molecular flexibility index (Phi) is 4.03. The summed E-state index contributed by atoms with van der Waals surface area (Å²) >= 11 is 0. The molecule has 3 N–H and O–H groups in total. The van der Waals surface area contributed by atoms with Crippen molar-refractivity contribution in [1.29, 1.82) is 0 Å². The third-order valence-electron chi connectivity index (χ3n) is 2.65. The molecule has 0 fully saturated rings. The Balaban J connectivity index is 2.40. The van der Waals surface area contributed by atoms with Crippen LogP contribution in [0.2, 0.25) is 0 Å². The minimum absolute atomic E-state index is 0.0198. The summed E-state index contributed by atoms with van der Waals surface area (Å²) in [5.74, 6) is -1.32. The van der Waals surface area contributed by atoms with Crippen molar-refractivity contribution in [2.45, 2.75) is 0 Å². The number of methoxy groups -OCH3 is 1. The van der Waals surface area contributed by atoms with E-state index in [9.17, 15) is 9.59 Å². The van der Waals surface area contributed by atoms with Crippen LogP contribution in [-0.4, -0.2) is 29.1 Å². The van der Waals surface area contributed by atoms with Crippen molar-refractivity contribution >= 4 is 11.9 Å². The van der Waals surface area contributed by atoms with Crippen LogP contribution in [0.5, 0.6) is 17.4 Å². The first-order chi connectivity index (χ1) is 10.0. The number of nitrogens with two attached hydrogens (primary N) is 1. The maximum atomic E-state index is 11.3. The molecule has 0 atom stereocenters. The first kappa shape index (κ1) is 14.3. The van der Waals surface area contributed by atoms with Gasteiger partial charge in [-0.2, -0.15) is 0 Å². The highest BCUT2D eigenvalue weighted by atomic mass is 16.5. The van der Waals surface area contributed by atoms with Crippen molar-refractivity contribution in [1.82, 2.24) is 4.98 Å². The number of hydrogen-bond donors (Lipinski definition) is 2. The lowest BCUT2D eigenvalue weighted by molar-refractivity contribution is 0.0696. The zero-order chi connectivity index (χ0) is 15.4. The van der Waals surface area contributed by atoms with E-state index >= 15 is 0 Å². The van der Waals surface area contributed by atoms with Crippen LogP contribution in [0.3, 0.4) is 0 Å². The average molecular weight is 288 g/mol. The number of amides is 1. The molecule has 0 aliphatic carbocycles. The topological polar surface area (TPSA) is 112 Å². The van der Waals surface area contributed by atoms with Gasteiger partial charge in [0.2, 0.25) is 5.88 Å². The molecule has 1 heterocycles. The number of primary amides is 1. The van der Waals surface area contributed by atoms with E-state index in [0.29, 0.717) is 0 Å². The van der Waals surface area contributed by atoms with Gasteiger partial charge in [-0.25, -0.2) is 9.78 Å². The van der Waals surface area contributed by atoms with E-state index in [1.807, 2.05) is 0 Å². The molecule has 108 valence electrons. The first-order valence-electron chi connectivity index (χ1n) is 5.87. The lowest BCUT2D eigenvalue weighted by Crippen LogP contribution is -2.12. The second kappa shape index (κ2) is 5.91. The summed E-state index contributed by atoms with van der Waals surface area (Å²) in [7, 11) is 1.38. The number of carbonyl (C=O) groups is 2. The molecule has 0 aliphatic rings. The van der Waals surface area contributed by atoms with Crippen molar-refractivity contribution < 1.29 is 24.2 Å². The highest BCUT2D eigenvalue weighted by molar-refractivity contribution is 5.95. The highest BCUT2D eigenvalue weighted by Gasteiger charge is 2.15. The molecule has 21 heavy (non-hydrogen) atoms. The number of ether oxygens (including phenoxy) is 2. The molecule has 7 heteroatoms. The molecule has 2 aromatic rings. The maximum absolute atomic E-state index is 11.3. The standard InChI is InChI=1S/C14H12N2O5/c1-20-11-7-8(14(18)19)4-5-10(11)21-13-9(12(15)17)3-2-6-16-13/h2-7H,1H3,(H2,15,17)(H,18,19). The number of carboxylic acid groups (broad SMARTS) is 1. The van der Waals surface area contributed by atoms with Gasteiger partial charge in [-0.15, -0.1) is 0 Å². The third-order valence-corrected chi connectivity index (χ3v) is 2.65. The Labute approximate surface area is 119 Å². The Hall–Kier alpha value is -3.09. The van der Waals surface area contributed by atoms with Crippen LogP contribution >= 0.6 is 0 Å². The van der Waals surface area contributed by atoms with Gasteiger partial charge in [0.05, 0.1) is 12.7 Å². The van der Waals surface area contributed by atoms with Gasteiger partial charge in [0.25, 0.3) is 5.91 Å². The summed E-state index contributed by atoms with van der Waals surface area (Å²) in [5.41, 5.74) is 5.40.